The van der Waals surface area contributed by atoms with Gasteiger partial charge in [0.05, 0.1) is 6.54 Å². The van der Waals surface area contributed by atoms with Gasteiger partial charge in [0, 0.05) is 24.7 Å². The van der Waals surface area contributed by atoms with E-state index < -0.39 is 0 Å². The van der Waals surface area contributed by atoms with Crippen LogP contribution in [0.2, 0.25) is 0 Å². The van der Waals surface area contributed by atoms with Gasteiger partial charge >= 0.3 is 0 Å². The fraction of sp³-hybridized carbons (Fsp3) is 0.529. The molecular formula is C17H22N4O3. The number of benzene rings is 1. The van der Waals surface area contributed by atoms with E-state index in [4.69, 9.17) is 19.7 Å². The molecule has 0 radical (unpaired) electrons. The van der Waals surface area contributed by atoms with E-state index in [1.165, 1.54) is 0 Å². The minimum atomic E-state index is 0.0957. The highest BCUT2D eigenvalue weighted by Crippen LogP contribution is 2.35. The minimum Gasteiger partial charge on any atom is -0.454 e. The lowest BCUT2D eigenvalue weighted by Gasteiger charge is -2.42. The van der Waals surface area contributed by atoms with Crippen LogP contribution in [0.15, 0.2) is 22.7 Å². The predicted molar refractivity (Wildman–Crippen MR) is 87.5 cm³/mol. The topological polar surface area (TPSA) is 86.6 Å². The number of aromatic nitrogens is 2. The van der Waals surface area contributed by atoms with Gasteiger partial charge in [-0.2, -0.15) is 4.98 Å². The Bertz CT molecular complexity index is 743. The standard InChI is InChI=1S/C17H22N4O3/c1-17(2)9-21(6-5-14(17)18)8-15-19-16(20-24-15)11-3-4-12-13(7-11)23-10-22-12/h3-4,7,14H,5-6,8-10,18H2,1-2H3. The van der Waals surface area contributed by atoms with Crippen LogP contribution in [-0.2, 0) is 6.54 Å². The van der Waals surface area contributed by atoms with E-state index in [0.29, 0.717) is 24.0 Å². The smallest absolute Gasteiger partial charge is 0.241 e. The molecular weight excluding hydrogens is 308 g/mol. The maximum absolute atomic E-state index is 6.19. The summed E-state index contributed by atoms with van der Waals surface area (Å²) in [6.45, 7) is 7.18. The van der Waals surface area contributed by atoms with Crippen molar-refractivity contribution in [1.29, 1.82) is 0 Å². The van der Waals surface area contributed by atoms with E-state index in [1.807, 2.05) is 18.2 Å². The third-order valence-electron chi connectivity index (χ3n) is 4.85. The molecule has 0 amide bonds. The first kappa shape index (κ1) is 15.4. The van der Waals surface area contributed by atoms with Crippen LogP contribution in [0.5, 0.6) is 11.5 Å². The summed E-state index contributed by atoms with van der Waals surface area (Å²) in [7, 11) is 0. The molecule has 3 heterocycles. The van der Waals surface area contributed by atoms with Gasteiger partial charge in [0.2, 0.25) is 18.5 Å². The third kappa shape index (κ3) is 2.85. The number of hydrogen-bond acceptors (Lipinski definition) is 7. The van der Waals surface area contributed by atoms with Gasteiger partial charge in [-0.25, -0.2) is 0 Å². The summed E-state index contributed by atoms with van der Waals surface area (Å²) in [5, 5.41) is 4.09. The maximum Gasteiger partial charge on any atom is 0.241 e. The zero-order valence-corrected chi connectivity index (χ0v) is 14.0. The van der Waals surface area contributed by atoms with Crippen molar-refractivity contribution >= 4 is 0 Å². The Kier molecular flexibility index (Phi) is 3.69. The van der Waals surface area contributed by atoms with Crippen molar-refractivity contribution in [3.05, 3.63) is 24.1 Å². The molecule has 1 unspecified atom stereocenters. The molecule has 1 fully saturated rings. The molecule has 24 heavy (non-hydrogen) atoms. The third-order valence-corrected chi connectivity index (χ3v) is 4.85. The van der Waals surface area contributed by atoms with Gasteiger partial charge in [0.15, 0.2) is 11.5 Å². The minimum absolute atomic E-state index is 0.0957. The molecule has 2 N–H and O–H groups in total. The van der Waals surface area contributed by atoms with Crippen LogP contribution in [0.3, 0.4) is 0 Å². The number of piperidine rings is 1. The molecule has 2 aliphatic heterocycles. The average Bonchev–Trinajstić information content (AvgIpc) is 3.18. The fourth-order valence-corrected chi connectivity index (χ4v) is 3.28. The van der Waals surface area contributed by atoms with Gasteiger partial charge in [-0.3, -0.25) is 4.90 Å². The Labute approximate surface area is 140 Å². The van der Waals surface area contributed by atoms with E-state index in [9.17, 15) is 0 Å². The molecule has 1 aromatic heterocycles. The van der Waals surface area contributed by atoms with Crippen LogP contribution in [0.1, 0.15) is 26.2 Å². The molecule has 0 spiro atoms. The van der Waals surface area contributed by atoms with Crippen LogP contribution in [0.25, 0.3) is 11.4 Å². The van der Waals surface area contributed by atoms with Crippen LogP contribution in [0, 0.1) is 5.41 Å². The summed E-state index contributed by atoms with van der Waals surface area (Å²) in [5.74, 6) is 2.64. The van der Waals surface area contributed by atoms with Crippen molar-refractivity contribution in [3.63, 3.8) is 0 Å². The van der Waals surface area contributed by atoms with Gasteiger partial charge in [-0.1, -0.05) is 19.0 Å². The largest absolute Gasteiger partial charge is 0.454 e. The first-order chi connectivity index (χ1) is 11.5. The number of fused-ring (bicyclic) bond motifs is 1. The summed E-state index contributed by atoms with van der Waals surface area (Å²) in [6.07, 6.45) is 0.982. The normalized spacial score (nSPS) is 22.7. The second-order valence-electron chi connectivity index (χ2n) is 7.17. The summed E-state index contributed by atoms with van der Waals surface area (Å²) in [6, 6.07) is 5.88. The van der Waals surface area contributed by atoms with Crippen molar-refractivity contribution in [1.82, 2.24) is 15.0 Å². The Morgan fingerprint density at radius 3 is 2.96 bits per heavy atom. The SMILES string of the molecule is CC1(C)CN(Cc2nc(-c3ccc4c(c3)OCO4)no2)CCC1N. The lowest BCUT2D eigenvalue weighted by atomic mass is 9.80. The van der Waals surface area contributed by atoms with Gasteiger partial charge in [-0.05, 0) is 30.0 Å². The van der Waals surface area contributed by atoms with Crippen molar-refractivity contribution < 1.29 is 14.0 Å². The average molecular weight is 330 g/mol. The van der Waals surface area contributed by atoms with Gasteiger partial charge in [0.25, 0.3) is 0 Å². The molecule has 1 saturated heterocycles. The molecule has 2 aliphatic rings. The molecule has 1 atom stereocenters. The van der Waals surface area contributed by atoms with Gasteiger partial charge < -0.3 is 19.7 Å². The van der Waals surface area contributed by atoms with Crippen LogP contribution >= 0.6 is 0 Å². The first-order valence-corrected chi connectivity index (χ1v) is 8.22. The quantitative estimate of drug-likeness (QED) is 0.921. The molecule has 7 heteroatoms. The van der Waals surface area contributed by atoms with E-state index in [0.717, 1.165) is 30.8 Å². The number of nitrogens with two attached hydrogens (primary N) is 1. The van der Waals surface area contributed by atoms with E-state index in [1.54, 1.807) is 0 Å². The predicted octanol–water partition coefficient (Wildman–Crippen LogP) is 2.02. The first-order valence-electron chi connectivity index (χ1n) is 8.22. The highest BCUT2D eigenvalue weighted by atomic mass is 16.7. The Balaban J connectivity index is 1.47. The van der Waals surface area contributed by atoms with E-state index in [-0.39, 0.29) is 18.2 Å². The van der Waals surface area contributed by atoms with E-state index >= 15 is 0 Å². The lowest BCUT2D eigenvalue weighted by molar-refractivity contribution is 0.0811. The van der Waals surface area contributed by atoms with Gasteiger partial charge in [0.1, 0.15) is 0 Å². The molecule has 4 rings (SSSR count). The molecule has 0 bridgehead atoms. The van der Waals surface area contributed by atoms with Crippen molar-refractivity contribution in [2.24, 2.45) is 11.1 Å². The second kappa shape index (κ2) is 5.75. The number of ether oxygens (including phenoxy) is 2. The number of hydrogen-bond donors (Lipinski definition) is 1. The molecule has 128 valence electrons. The van der Waals surface area contributed by atoms with Crippen LogP contribution in [0.4, 0.5) is 0 Å². The molecule has 7 nitrogen and oxygen atoms in total. The van der Waals surface area contributed by atoms with Crippen LogP contribution < -0.4 is 15.2 Å². The Morgan fingerprint density at radius 1 is 1.29 bits per heavy atom. The van der Waals surface area contributed by atoms with Crippen molar-refractivity contribution in [2.75, 3.05) is 19.9 Å². The number of rotatable bonds is 3. The van der Waals surface area contributed by atoms with Crippen molar-refractivity contribution in [3.8, 4) is 22.9 Å². The van der Waals surface area contributed by atoms with Crippen molar-refractivity contribution in [2.45, 2.75) is 32.9 Å². The second-order valence-corrected chi connectivity index (χ2v) is 7.17. The zero-order chi connectivity index (χ0) is 16.7. The van der Waals surface area contributed by atoms with Crippen LogP contribution in [-0.4, -0.2) is 41.0 Å². The Morgan fingerprint density at radius 2 is 2.12 bits per heavy atom. The molecule has 0 aliphatic carbocycles. The monoisotopic (exact) mass is 330 g/mol. The molecule has 1 aromatic carbocycles. The fourth-order valence-electron chi connectivity index (χ4n) is 3.28. The molecule has 0 saturated carbocycles. The summed E-state index contributed by atoms with van der Waals surface area (Å²) < 4.78 is 16.1. The maximum atomic E-state index is 6.19. The van der Waals surface area contributed by atoms with Gasteiger partial charge in [-0.15, -0.1) is 0 Å². The molecule has 2 aromatic rings. The summed E-state index contributed by atoms with van der Waals surface area (Å²) in [5.41, 5.74) is 7.15. The highest BCUT2D eigenvalue weighted by molar-refractivity contribution is 5.61. The van der Waals surface area contributed by atoms with E-state index in [2.05, 4.69) is 28.9 Å². The Hall–Kier alpha value is -2.12. The zero-order valence-electron chi connectivity index (χ0n) is 14.0. The lowest BCUT2D eigenvalue weighted by Crippen LogP contribution is -2.52. The number of likely N-dealkylation sites (tertiary alicyclic amines) is 1. The summed E-state index contributed by atoms with van der Waals surface area (Å²) >= 11 is 0. The summed E-state index contributed by atoms with van der Waals surface area (Å²) in [4.78, 5) is 6.84. The highest BCUT2D eigenvalue weighted by Gasteiger charge is 2.33. The number of nitrogens with zero attached hydrogens (tertiary/aromatic N) is 3.